The second kappa shape index (κ2) is 9.61. The largest absolute Gasteiger partial charge is 0.441 e. The second-order valence-electron chi connectivity index (χ2n) is 6.80. The maximum absolute atomic E-state index is 12.3. The van der Waals surface area contributed by atoms with E-state index in [0.29, 0.717) is 19.4 Å². The number of rotatable bonds is 7. The zero-order valence-electron chi connectivity index (χ0n) is 15.7. The number of ether oxygens (including phenoxy) is 1. The van der Waals surface area contributed by atoms with E-state index in [0.717, 1.165) is 41.5 Å². The van der Waals surface area contributed by atoms with E-state index in [1.165, 1.54) is 0 Å². The summed E-state index contributed by atoms with van der Waals surface area (Å²) in [5.74, 6) is 6.13. The van der Waals surface area contributed by atoms with Crippen LogP contribution in [0, 0.1) is 11.8 Å². The van der Waals surface area contributed by atoms with Crippen LogP contribution in [0.4, 0.5) is 4.79 Å². The van der Waals surface area contributed by atoms with Gasteiger partial charge in [-0.15, -0.1) is 0 Å². The molecule has 0 aliphatic heterocycles. The number of alkyl carbamates (subject to hydrolysis) is 1. The van der Waals surface area contributed by atoms with E-state index in [9.17, 15) is 9.59 Å². The van der Waals surface area contributed by atoms with E-state index in [1.807, 2.05) is 48.5 Å². The first-order chi connectivity index (χ1) is 13.6. The molecular weight excluding hydrogens is 352 g/mol. The van der Waals surface area contributed by atoms with E-state index in [1.54, 1.807) is 0 Å². The summed E-state index contributed by atoms with van der Waals surface area (Å²) < 4.78 is 5.76. The average molecular weight is 376 g/mol. The summed E-state index contributed by atoms with van der Waals surface area (Å²) in [6.07, 6.45) is 2.45. The minimum absolute atomic E-state index is 0.293. The molecule has 28 heavy (non-hydrogen) atoms. The van der Waals surface area contributed by atoms with Crippen molar-refractivity contribution in [3.05, 3.63) is 70.8 Å². The highest BCUT2D eigenvalue weighted by Crippen LogP contribution is 2.28. The molecular formula is C23H24N2O3. The normalized spacial score (nSPS) is 14.4. The summed E-state index contributed by atoms with van der Waals surface area (Å²) in [6.45, 7) is 0.502. The Bertz CT molecular complexity index is 911. The first kappa shape index (κ1) is 19.5. The van der Waals surface area contributed by atoms with E-state index in [-0.39, 0.29) is 5.91 Å². The molecule has 3 rings (SSSR count). The fourth-order valence-corrected chi connectivity index (χ4v) is 3.22. The monoisotopic (exact) mass is 376 g/mol. The van der Waals surface area contributed by atoms with Gasteiger partial charge < -0.3 is 15.8 Å². The van der Waals surface area contributed by atoms with Gasteiger partial charge in [0.2, 0.25) is 5.91 Å². The van der Waals surface area contributed by atoms with Gasteiger partial charge in [0.1, 0.15) is 6.10 Å². The molecule has 0 bridgehead atoms. The molecule has 2 amide bonds. The SMILES string of the molecule is NC(=O)CCCCCNC(=O)OC1Cc2ccccc2C#Cc2ccccc21. The summed E-state index contributed by atoms with van der Waals surface area (Å²) in [4.78, 5) is 23.1. The van der Waals surface area contributed by atoms with Crippen LogP contribution >= 0.6 is 0 Å². The molecule has 144 valence electrons. The lowest BCUT2D eigenvalue weighted by Gasteiger charge is -2.22. The van der Waals surface area contributed by atoms with E-state index in [2.05, 4.69) is 17.2 Å². The molecule has 0 aromatic heterocycles. The fraction of sp³-hybridized carbons (Fsp3) is 0.304. The molecule has 3 N–H and O–H groups in total. The van der Waals surface area contributed by atoms with Crippen LogP contribution < -0.4 is 11.1 Å². The van der Waals surface area contributed by atoms with Crippen LogP contribution in [0.3, 0.4) is 0 Å². The fourth-order valence-electron chi connectivity index (χ4n) is 3.22. The lowest BCUT2D eigenvalue weighted by molar-refractivity contribution is -0.118. The number of fused-ring (bicyclic) bond motifs is 2. The summed E-state index contributed by atoms with van der Waals surface area (Å²) in [5, 5.41) is 2.80. The Labute approximate surface area is 165 Å². The van der Waals surface area contributed by atoms with Crippen LogP contribution in [0.2, 0.25) is 0 Å². The Kier molecular flexibility index (Phi) is 6.69. The van der Waals surface area contributed by atoms with Gasteiger partial charge in [0.25, 0.3) is 0 Å². The molecule has 0 saturated heterocycles. The molecule has 0 heterocycles. The zero-order valence-corrected chi connectivity index (χ0v) is 15.7. The van der Waals surface area contributed by atoms with Crippen LogP contribution in [0.5, 0.6) is 0 Å². The van der Waals surface area contributed by atoms with Crippen LogP contribution in [-0.2, 0) is 16.0 Å². The maximum atomic E-state index is 12.3. The van der Waals surface area contributed by atoms with Crippen molar-refractivity contribution in [1.29, 1.82) is 0 Å². The number of nitrogens with one attached hydrogen (secondary N) is 1. The maximum Gasteiger partial charge on any atom is 0.407 e. The molecule has 5 heteroatoms. The molecule has 0 saturated carbocycles. The zero-order chi connectivity index (χ0) is 19.8. The Balaban J connectivity index is 1.64. The molecule has 0 spiro atoms. The summed E-state index contributed by atoms with van der Waals surface area (Å²) >= 11 is 0. The van der Waals surface area contributed by atoms with Gasteiger partial charge in [0.15, 0.2) is 0 Å². The third-order valence-corrected chi connectivity index (χ3v) is 4.68. The van der Waals surface area contributed by atoms with Crippen molar-refractivity contribution >= 4 is 12.0 Å². The average Bonchev–Trinajstić information content (AvgIpc) is 2.68. The molecule has 5 nitrogen and oxygen atoms in total. The summed E-state index contributed by atoms with van der Waals surface area (Å²) in [7, 11) is 0. The lowest BCUT2D eigenvalue weighted by atomic mass is 9.92. The number of primary amides is 1. The Morgan fingerprint density at radius 1 is 1.00 bits per heavy atom. The first-order valence-corrected chi connectivity index (χ1v) is 9.55. The quantitative estimate of drug-likeness (QED) is 0.574. The number of unbranched alkanes of at least 4 members (excludes halogenated alkanes) is 2. The number of amides is 2. The van der Waals surface area contributed by atoms with Gasteiger partial charge in [-0.1, -0.05) is 54.7 Å². The van der Waals surface area contributed by atoms with Crippen LogP contribution in [-0.4, -0.2) is 18.5 Å². The highest BCUT2D eigenvalue weighted by Gasteiger charge is 2.22. The standard InChI is InChI=1S/C23H24N2O3/c24-22(26)12-2-1-7-15-25-23(27)28-21-16-19-10-4-3-8-17(19)13-14-18-9-5-6-11-20(18)21/h3-6,8-11,21H,1-2,7,12,15-16H2,(H2,24,26)(H,25,27). The predicted octanol–water partition coefficient (Wildman–Crippen LogP) is 3.46. The van der Waals surface area contributed by atoms with Crippen LogP contribution in [0.1, 0.15) is 54.0 Å². The lowest BCUT2D eigenvalue weighted by Crippen LogP contribution is -2.28. The molecule has 2 aromatic rings. The van der Waals surface area contributed by atoms with Crippen molar-refractivity contribution in [2.45, 2.75) is 38.2 Å². The number of nitrogens with two attached hydrogens (primary N) is 1. The van der Waals surface area contributed by atoms with Crippen molar-refractivity contribution in [3.8, 4) is 11.8 Å². The number of hydrogen-bond acceptors (Lipinski definition) is 3. The van der Waals surface area contributed by atoms with Crippen LogP contribution in [0.15, 0.2) is 48.5 Å². The second-order valence-corrected chi connectivity index (χ2v) is 6.80. The number of benzene rings is 2. The summed E-state index contributed by atoms with van der Waals surface area (Å²) in [6, 6.07) is 15.7. The first-order valence-electron chi connectivity index (χ1n) is 9.55. The molecule has 1 aliphatic carbocycles. The topological polar surface area (TPSA) is 81.4 Å². The summed E-state index contributed by atoms with van der Waals surface area (Å²) in [5.41, 5.74) is 8.93. The van der Waals surface area contributed by atoms with Gasteiger partial charge in [0, 0.05) is 36.1 Å². The highest BCUT2D eigenvalue weighted by molar-refractivity contribution is 5.73. The van der Waals surface area contributed by atoms with Gasteiger partial charge in [-0.05, 0) is 30.5 Å². The molecule has 2 aromatic carbocycles. The molecule has 0 radical (unpaired) electrons. The molecule has 0 fully saturated rings. The molecule has 1 atom stereocenters. The van der Waals surface area contributed by atoms with Crippen molar-refractivity contribution in [3.63, 3.8) is 0 Å². The smallest absolute Gasteiger partial charge is 0.407 e. The van der Waals surface area contributed by atoms with Crippen molar-refractivity contribution in [2.75, 3.05) is 6.54 Å². The predicted molar refractivity (Wildman–Crippen MR) is 107 cm³/mol. The van der Waals surface area contributed by atoms with Crippen LogP contribution in [0.25, 0.3) is 0 Å². The Morgan fingerprint density at radius 2 is 1.71 bits per heavy atom. The minimum Gasteiger partial charge on any atom is -0.441 e. The van der Waals surface area contributed by atoms with Crippen molar-refractivity contribution in [2.24, 2.45) is 5.73 Å². The number of carbonyl (C=O) groups is 2. The van der Waals surface area contributed by atoms with Crippen molar-refractivity contribution in [1.82, 2.24) is 5.32 Å². The van der Waals surface area contributed by atoms with Gasteiger partial charge in [-0.3, -0.25) is 4.79 Å². The van der Waals surface area contributed by atoms with Gasteiger partial charge in [-0.25, -0.2) is 4.79 Å². The van der Waals surface area contributed by atoms with Gasteiger partial charge >= 0.3 is 6.09 Å². The third kappa shape index (κ3) is 5.37. The number of carbonyl (C=O) groups excluding carboxylic acids is 2. The van der Waals surface area contributed by atoms with E-state index in [4.69, 9.17) is 10.5 Å². The number of hydrogen-bond donors (Lipinski definition) is 2. The van der Waals surface area contributed by atoms with E-state index < -0.39 is 12.2 Å². The van der Waals surface area contributed by atoms with Gasteiger partial charge in [0.05, 0.1) is 0 Å². The van der Waals surface area contributed by atoms with Crippen molar-refractivity contribution < 1.29 is 14.3 Å². The third-order valence-electron chi connectivity index (χ3n) is 4.68. The minimum atomic E-state index is -0.444. The Hall–Kier alpha value is -3.26. The van der Waals surface area contributed by atoms with Gasteiger partial charge in [-0.2, -0.15) is 0 Å². The molecule has 1 aliphatic rings. The van der Waals surface area contributed by atoms with E-state index >= 15 is 0 Å². The molecule has 1 unspecified atom stereocenters. The highest BCUT2D eigenvalue weighted by atomic mass is 16.6. The Morgan fingerprint density at radius 3 is 2.54 bits per heavy atom.